The molecule has 0 amide bonds. The molecule has 12 heavy (non-hydrogen) atoms. The van der Waals surface area contributed by atoms with Gasteiger partial charge < -0.3 is 12.7 Å². The fraction of sp³-hybridized carbons (Fsp3) is 0.300. The van der Waals surface area contributed by atoms with Crippen LogP contribution in [0.25, 0.3) is 0 Å². The van der Waals surface area contributed by atoms with Gasteiger partial charge in [0.2, 0.25) is 0 Å². The number of hydrogen-bond acceptors (Lipinski definition) is 1. The van der Waals surface area contributed by atoms with Crippen molar-refractivity contribution in [1.82, 2.24) is 0 Å². The number of para-hydroxylation sites is 1. The second kappa shape index (κ2) is 17.3. The van der Waals surface area contributed by atoms with Crippen LogP contribution in [-0.4, -0.2) is 0 Å². The minimum absolute atomic E-state index is 0. The predicted molar refractivity (Wildman–Crippen MR) is 53.2 cm³/mol. The van der Waals surface area contributed by atoms with Gasteiger partial charge >= 0.3 is 0 Å². The number of hydrogen-bond donors (Lipinski definition) is 1. The van der Waals surface area contributed by atoms with E-state index in [-0.39, 0.29) is 32.7 Å². The van der Waals surface area contributed by atoms with Crippen molar-refractivity contribution in [2.24, 2.45) is 0 Å². The summed E-state index contributed by atoms with van der Waals surface area (Å²) in [6.07, 6.45) is 0. The molecule has 0 aliphatic carbocycles. The molecular formula is C10H18NY-. The van der Waals surface area contributed by atoms with Gasteiger partial charge in [0.25, 0.3) is 0 Å². The first-order valence-electron chi connectivity index (χ1n) is 3.91. The Morgan fingerprint density at radius 1 is 1.00 bits per heavy atom. The van der Waals surface area contributed by atoms with E-state index in [1.54, 1.807) is 6.92 Å². The first kappa shape index (κ1) is 18.0. The molecule has 1 radical (unpaired) electrons. The van der Waals surface area contributed by atoms with Crippen LogP contribution in [0.3, 0.4) is 0 Å². The fourth-order valence-electron chi connectivity index (χ4n) is 0.453. The molecule has 67 valence electrons. The van der Waals surface area contributed by atoms with Crippen LogP contribution in [0, 0.1) is 6.92 Å². The van der Waals surface area contributed by atoms with Crippen LogP contribution in [0.2, 0.25) is 0 Å². The van der Waals surface area contributed by atoms with E-state index >= 15 is 0 Å². The minimum Gasteiger partial charge on any atom is -0.399 e. The Hall–Kier alpha value is 0.124. The Morgan fingerprint density at radius 2 is 1.33 bits per heavy atom. The smallest absolute Gasteiger partial charge is 0.0313 e. The molecule has 0 spiro atoms. The van der Waals surface area contributed by atoms with E-state index in [0.717, 1.165) is 5.69 Å². The summed E-state index contributed by atoms with van der Waals surface area (Å²) in [5.74, 6) is 0. The topological polar surface area (TPSA) is 26.0 Å². The third-order valence-corrected chi connectivity index (χ3v) is 0.800. The molecule has 0 atom stereocenters. The Bertz CT molecular complexity index is 140. The van der Waals surface area contributed by atoms with Crippen LogP contribution in [-0.2, 0) is 32.7 Å². The van der Waals surface area contributed by atoms with E-state index in [0.29, 0.717) is 0 Å². The van der Waals surface area contributed by atoms with Crippen molar-refractivity contribution >= 4 is 5.69 Å². The average molecular weight is 241 g/mol. The number of anilines is 1. The number of nitrogens with two attached hydrogens (primary N) is 1. The number of benzene rings is 1. The van der Waals surface area contributed by atoms with E-state index in [4.69, 9.17) is 5.73 Å². The molecule has 2 N–H and O–H groups in total. The van der Waals surface area contributed by atoms with Crippen LogP contribution >= 0.6 is 0 Å². The maximum atomic E-state index is 5.36. The van der Waals surface area contributed by atoms with Crippen LogP contribution in [0.15, 0.2) is 30.3 Å². The zero-order valence-electron chi connectivity index (χ0n) is 8.25. The summed E-state index contributed by atoms with van der Waals surface area (Å²) < 4.78 is 0. The summed E-state index contributed by atoms with van der Waals surface area (Å²) >= 11 is 0. The molecular weight excluding hydrogens is 223 g/mol. The predicted octanol–water partition coefficient (Wildman–Crippen LogP) is 3.13. The van der Waals surface area contributed by atoms with Crippen LogP contribution in [0.1, 0.15) is 20.8 Å². The number of nitrogen functional groups attached to an aromatic ring is 1. The Balaban J connectivity index is -0.000000144. The van der Waals surface area contributed by atoms with Gasteiger partial charge in [-0.1, -0.05) is 32.0 Å². The van der Waals surface area contributed by atoms with Crippen molar-refractivity contribution in [3.8, 4) is 0 Å². The first-order valence-corrected chi connectivity index (χ1v) is 3.91. The molecule has 2 heteroatoms. The Kier molecular flexibility index (Phi) is 25.9. The van der Waals surface area contributed by atoms with Gasteiger partial charge in [-0.2, -0.15) is 6.92 Å². The van der Waals surface area contributed by atoms with E-state index in [9.17, 15) is 0 Å². The number of rotatable bonds is 0. The van der Waals surface area contributed by atoms with Crippen LogP contribution in [0.5, 0.6) is 0 Å². The molecule has 0 saturated heterocycles. The molecule has 0 aliphatic rings. The Morgan fingerprint density at radius 3 is 1.50 bits per heavy atom. The molecule has 1 nitrogen and oxygen atoms in total. The van der Waals surface area contributed by atoms with Gasteiger partial charge in [0, 0.05) is 38.4 Å². The van der Waals surface area contributed by atoms with Crippen LogP contribution < -0.4 is 5.73 Å². The largest absolute Gasteiger partial charge is 0.399 e. The molecule has 0 bridgehead atoms. The summed E-state index contributed by atoms with van der Waals surface area (Å²) in [5.41, 5.74) is 6.18. The van der Waals surface area contributed by atoms with Gasteiger partial charge in [0.15, 0.2) is 0 Å². The van der Waals surface area contributed by atoms with Crippen molar-refractivity contribution in [2.45, 2.75) is 20.8 Å². The fourth-order valence-corrected chi connectivity index (χ4v) is 0.453. The monoisotopic (exact) mass is 241 g/mol. The molecule has 0 fully saturated rings. The van der Waals surface area contributed by atoms with Gasteiger partial charge in [-0.05, 0) is 12.1 Å². The maximum Gasteiger partial charge on any atom is 0.0313 e. The molecule has 1 aromatic rings. The quantitative estimate of drug-likeness (QED) is 0.548. The van der Waals surface area contributed by atoms with Gasteiger partial charge in [-0.3, -0.25) is 0 Å². The van der Waals surface area contributed by atoms with Crippen molar-refractivity contribution in [1.29, 1.82) is 0 Å². The molecule has 0 heterocycles. The van der Waals surface area contributed by atoms with Crippen molar-refractivity contribution in [3.63, 3.8) is 0 Å². The van der Waals surface area contributed by atoms with Crippen molar-refractivity contribution < 1.29 is 32.7 Å². The zero-order valence-corrected chi connectivity index (χ0v) is 11.1. The molecule has 0 aliphatic heterocycles. The van der Waals surface area contributed by atoms with E-state index in [1.807, 2.05) is 44.2 Å². The van der Waals surface area contributed by atoms with E-state index < -0.39 is 0 Å². The summed E-state index contributed by atoms with van der Waals surface area (Å²) in [4.78, 5) is 0. The molecule has 0 unspecified atom stereocenters. The summed E-state index contributed by atoms with van der Waals surface area (Å²) in [7, 11) is 0. The summed E-state index contributed by atoms with van der Waals surface area (Å²) in [5, 5.41) is 0. The summed E-state index contributed by atoms with van der Waals surface area (Å²) in [6.45, 7) is 9.00. The zero-order chi connectivity index (χ0) is 9.11. The molecule has 1 rings (SSSR count). The van der Waals surface area contributed by atoms with E-state index in [2.05, 4.69) is 6.92 Å². The second-order valence-electron chi connectivity index (χ2n) is 1.41. The van der Waals surface area contributed by atoms with Gasteiger partial charge in [0.05, 0.1) is 0 Å². The summed E-state index contributed by atoms with van der Waals surface area (Å²) in [6, 6.07) is 9.49. The minimum atomic E-state index is 0. The van der Waals surface area contributed by atoms with Gasteiger partial charge in [-0.15, -0.1) is 0 Å². The second-order valence-corrected chi connectivity index (χ2v) is 1.41. The van der Waals surface area contributed by atoms with Crippen LogP contribution in [0.4, 0.5) is 5.69 Å². The Labute approximate surface area is 102 Å². The SMILES string of the molecule is CC.Nc1ccccc1.[CH2-]C.[Y]. The standard InChI is InChI=1S/C6H7N.C2H6.C2H5.Y/c7-6-4-2-1-3-5-6;2*1-2;/h1-5H,7H2;1-2H3;1H2,2H3;/q;;-1;. The normalized spacial score (nSPS) is 6.00. The van der Waals surface area contributed by atoms with Crippen molar-refractivity contribution in [2.75, 3.05) is 5.73 Å². The molecule has 0 saturated carbocycles. The van der Waals surface area contributed by atoms with E-state index in [1.165, 1.54) is 0 Å². The van der Waals surface area contributed by atoms with Crippen molar-refractivity contribution in [3.05, 3.63) is 37.3 Å². The third kappa shape index (κ3) is 12.8. The molecule has 1 aromatic carbocycles. The molecule has 0 aromatic heterocycles. The maximum absolute atomic E-state index is 5.36. The first-order chi connectivity index (χ1) is 5.39. The third-order valence-electron chi connectivity index (χ3n) is 0.800. The average Bonchev–Trinajstić information content (AvgIpc) is 2.13. The van der Waals surface area contributed by atoms with Gasteiger partial charge in [-0.25, -0.2) is 0 Å². The van der Waals surface area contributed by atoms with Gasteiger partial charge in [0.1, 0.15) is 0 Å².